The molecule has 0 bridgehead atoms. The van der Waals surface area contributed by atoms with Crippen LogP contribution < -0.4 is 0 Å². The number of rotatable bonds is 10. The van der Waals surface area contributed by atoms with Crippen molar-refractivity contribution in [3.8, 4) is 0 Å². The molecule has 2 atom stereocenters. The topological polar surface area (TPSA) is 46.6 Å². The van der Waals surface area contributed by atoms with E-state index in [9.17, 15) is 9.59 Å². The monoisotopic (exact) mass is 333 g/mol. The summed E-state index contributed by atoms with van der Waals surface area (Å²) in [4.78, 5) is 24.5. The first kappa shape index (κ1) is 18.7. The number of ether oxygens (including phenoxy) is 1. The van der Waals surface area contributed by atoms with E-state index in [4.69, 9.17) is 4.74 Å². The molecule has 4 nitrogen and oxygen atoms in total. The van der Waals surface area contributed by atoms with Gasteiger partial charge in [-0.15, -0.1) is 0 Å². The van der Waals surface area contributed by atoms with Crippen molar-refractivity contribution in [2.24, 2.45) is 0 Å². The highest BCUT2D eigenvalue weighted by atomic mass is 32.1. The lowest BCUT2D eigenvalue weighted by Crippen LogP contribution is -2.46. The lowest BCUT2D eigenvalue weighted by molar-refractivity contribution is -0.140. The Balaban J connectivity index is 2.26. The fourth-order valence-electron chi connectivity index (χ4n) is 2.75. The Morgan fingerprint density at radius 1 is 1.33 bits per heavy atom. The van der Waals surface area contributed by atoms with E-state index in [0.29, 0.717) is 24.7 Å². The molecule has 1 heterocycles. The molecule has 1 fully saturated rings. The molecule has 21 heavy (non-hydrogen) atoms. The minimum Gasteiger partial charge on any atom is -0.466 e. The minimum absolute atomic E-state index is 0.0678. The third-order valence-corrected chi connectivity index (χ3v) is 4.72. The van der Waals surface area contributed by atoms with Crippen molar-refractivity contribution in [3.05, 3.63) is 0 Å². The highest BCUT2D eigenvalue weighted by Gasteiger charge is 2.26. The molecule has 0 spiro atoms. The van der Waals surface area contributed by atoms with Gasteiger partial charge in [0, 0.05) is 18.2 Å². The molecule has 0 saturated carbocycles. The summed E-state index contributed by atoms with van der Waals surface area (Å²) >= 11 is 8.69. The fourth-order valence-corrected chi connectivity index (χ4v) is 3.57. The summed E-state index contributed by atoms with van der Waals surface area (Å²) in [5, 5.41) is 0.390. The molecule has 0 aromatic rings. The van der Waals surface area contributed by atoms with Crippen LogP contribution in [0.25, 0.3) is 0 Å². The van der Waals surface area contributed by atoms with Crippen molar-refractivity contribution in [2.45, 2.75) is 62.7 Å². The zero-order valence-corrected chi connectivity index (χ0v) is 14.4. The van der Waals surface area contributed by atoms with Crippen molar-refractivity contribution >= 4 is 37.6 Å². The number of hydrogen-bond donors (Lipinski definition) is 2. The SMILES string of the molecule is O=COCC1CCCCN1C(=O)CCCCC(S)CCS. The number of thiol groups is 2. The van der Waals surface area contributed by atoms with E-state index in [1.807, 2.05) is 4.90 Å². The second-order valence-corrected chi connectivity index (χ2v) is 6.76. The number of amides is 1. The highest BCUT2D eigenvalue weighted by Crippen LogP contribution is 2.20. The number of carbonyl (C=O) groups is 2. The molecule has 1 rings (SSSR count). The van der Waals surface area contributed by atoms with E-state index in [1.165, 1.54) is 0 Å². The molecule has 1 amide bonds. The Hall–Kier alpha value is -0.360. The largest absolute Gasteiger partial charge is 0.466 e. The van der Waals surface area contributed by atoms with Crippen LogP contribution in [0.5, 0.6) is 0 Å². The molecule has 0 aromatic heterocycles. The van der Waals surface area contributed by atoms with Gasteiger partial charge in [0.25, 0.3) is 6.47 Å². The lowest BCUT2D eigenvalue weighted by Gasteiger charge is -2.35. The number of nitrogens with zero attached hydrogens (tertiary/aromatic N) is 1. The predicted octanol–water partition coefficient (Wildman–Crippen LogP) is 2.72. The van der Waals surface area contributed by atoms with E-state index < -0.39 is 0 Å². The van der Waals surface area contributed by atoms with Crippen molar-refractivity contribution < 1.29 is 14.3 Å². The molecular formula is C15H27NO3S2. The van der Waals surface area contributed by atoms with Gasteiger partial charge in [0.05, 0.1) is 6.04 Å². The summed E-state index contributed by atoms with van der Waals surface area (Å²) in [7, 11) is 0. The van der Waals surface area contributed by atoms with Crippen LogP contribution in [0.1, 0.15) is 51.4 Å². The van der Waals surface area contributed by atoms with Crippen LogP contribution in [0.15, 0.2) is 0 Å². The maximum absolute atomic E-state index is 12.3. The number of unbranched alkanes of at least 4 members (excludes halogenated alkanes) is 1. The molecule has 122 valence electrons. The second kappa shape index (κ2) is 11.2. The van der Waals surface area contributed by atoms with Gasteiger partial charge in [-0.05, 0) is 44.3 Å². The van der Waals surface area contributed by atoms with Gasteiger partial charge >= 0.3 is 0 Å². The Morgan fingerprint density at radius 2 is 2.14 bits per heavy atom. The number of piperidine rings is 1. The molecular weight excluding hydrogens is 306 g/mol. The van der Waals surface area contributed by atoms with Crippen molar-refractivity contribution in [2.75, 3.05) is 18.9 Å². The van der Waals surface area contributed by atoms with E-state index in [1.54, 1.807) is 0 Å². The van der Waals surface area contributed by atoms with E-state index in [2.05, 4.69) is 25.3 Å². The van der Waals surface area contributed by atoms with Crippen molar-refractivity contribution in [1.29, 1.82) is 0 Å². The zero-order valence-electron chi connectivity index (χ0n) is 12.6. The summed E-state index contributed by atoms with van der Waals surface area (Å²) < 4.78 is 4.85. The second-order valence-electron chi connectivity index (χ2n) is 5.58. The van der Waals surface area contributed by atoms with Gasteiger partial charge in [0.15, 0.2) is 0 Å². The summed E-state index contributed by atoms with van der Waals surface area (Å²) in [6.07, 6.45) is 7.63. The zero-order chi connectivity index (χ0) is 15.5. The summed E-state index contributed by atoms with van der Waals surface area (Å²) in [5.41, 5.74) is 0. The van der Waals surface area contributed by atoms with Gasteiger partial charge in [-0.2, -0.15) is 25.3 Å². The molecule has 0 aromatic carbocycles. The average molecular weight is 334 g/mol. The number of likely N-dealkylation sites (tertiary alicyclic amines) is 1. The summed E-state index contributed by atoms with van der Waals surface area (Å²) in [6.45, 7) is 1.59. The van der Waals surface area contributed by atoms with Crippen LogP contribution in [-0.4, -0.2) is 47.5 Å². The van der Waals surface area contributed by atoms with Crippen LogP contribution in [0.4, 0.5) is 0 Å². The first-order valence-corrected chi connectivity index (χ1v) is 8.97. The summed E-state index contributed by atoms with van der Waals surface area (Å²) in [6, 6.07) is 0.0678. The van der Waals surface area contributed by atoms with Crippen LogP contribution in [-0.2, 0) is 14.3 Å². The van der Waals surface area contributed by atoms with Crippen LogP contribution in [0, 0.1) is 0 Å². The minimum atomic E-state index is 0.0678. The first-order valence-electron chi connectivity index (χ1n) is 7.82. The van der Waals surface area contributed by atoms with Gasteiger partial charge in [-0.25, -0.2) is 0 Å². The quantitative estimate of drug-likeness (QED) is 0.367. The van der Waals surface area contributed by atoms with Crippen molar-refractivity contribution in [3.63, 3.8) is 0 Å². The van der Waals surface area contributed by atoms with Crippen LogP contribution in [0.3, 0.4) is 0 Å². The Bertz CT molecular complexity index is 315. The molecule has 0 N–H and O–H groups in total. The first-order chi connectivity index (χ1) is 10.2. The van der Waals surface area contributed by atoms with Crippen molar-refractivity contribution in [1.82, 2.24) is 4.90 Å². The number of hydrogen-bond acceptors (Lipinski definition) is 5. The van der Waals surface area contributed by atoms with Gasteiger partial charge in [-0.1, -0.05) is 6.42 Å². The van der Waals surface area contributed by atoms with Gasteiger partial charge in [-0.3, -0.25) is 9.59 Å². The maximum atomic E-state index is 12.3. The Kier molecular flexibility index (Phi) is 10.0. The Labute approximate surface area is 138 Å². The van der Waals surface area contributed by atoms with E-state index in [0.717, 1.165) is 57.2 Å². The highest BCUT2D eigenvalue weighted by molar-refractivity contribution is 7.81. The molecule has 0 aliphatic carbocycles. The third kappa shape index (κ3) is 7.45. The summed E-state index contributed by atoms with van der Waals surface area (Å²) in [5.74, 6) is 1.05. The number of carbonyl (C=O) groups excluding carboxylic acids is 2. The average Bonchev–Trinajstić information content (AvgIpc) is 2.50. The van der Waals surface area contributed by atoms with Crippen LogP contribution in [0.2, 0.25) is 0 Å². The molecule has 2 unspecified atom stereocenters. The van der Waals surface area contributed by atoms with E-state index in [-0.39, 0.29) is 11.9 Å². The lowest BCUT2D eigenvalue weighted by atomic mass is 10.0. The predicted molar refractivity (Wildman–Crippen MR) is 91.1 cm³/mol. The van der Waals surface area contributed by atoms with Gasteiger partial charge < -0.3 is 9.64 Å². The standard InChI is InChI=1S/C15H27NO3S2/c17-12-19-11-13-5-3-4-9-16(13)15(18)7-2-1-6-14(21)8-10-20/h12-14,20-21H,1-11H2. The van der Waals surface area contributed by atoms with Gasteiger partial charge in [0.1, 0.15) is 6.61 Å². The maximum Gasteiger partial charge on any atom is 0.293 e. The smallest absolute Gasteiger partial charge is 0.293 e. The van der Waals surface area contributed by atoms with Crippen LogP contribution >= 0.6 is 25.3 Å². The van der Waals surface area contributed by atoms with Gasteiger partial charge in [0.2, 0.25) is 5.91 Å². The molecule has 6 heteroatoms. The third-order valence-electron chi connectivity index (χ3n) is 3.94. The molecule has 0 radical (unpaired) electrons. The fraction of sp³-hybridized carbons (Fsp3) is 0.867. The van der Waals surface area contributed by atoms with E-state index >= 15 is 0 Å². The molecule has 1 aliphatic rings. The molecule has 1 aliphatic heterocycles. The normalized spacial score (nSPS) is 20.1. The Morgan fingerprint density at radius 3 is 2.86 bits per heavy atom. The molecule has 1 saturated heterocycles.